The Labute approximate surface area is 152 Å². The van der Waals surface area contributed by atoms with E-state index in [0.717, 1.165) is 30.4 Å². The summed E-state index contributed by atoms with van der Waals surface area (Å²) in [6, 6.07) is 13.8. The van der Waals surface area contributed by atoms with Crippen LogP contribution in [0.5, 0.6) is 0 Å². The molecule has 1 unspecified atom stereocenters. The van der Waals surface area contributed by atoms with Crippen molar-refractivity contribution in [2.75, 3.05) is 0 Å². The standard InChI is InChI=1S/C21H23N3O2/c22-19(25)14-8-9-15-11-21(20(23)26,24-12-16(15)10-14)18-7-3-5-13-4-1-2-6-17(13)18/h1-2,4,6,8-10,18,24H,3,5,7,11-12H2,(H2,22,25)(H2,23,26)/t18-,21?/m1/s1. The number of amides is 2. The third kappa shape index (κ3) is 2.59. The molecule has 0 bridgehead atoms. The first-order valence-electron chi connectivity index (χ1n) is 9.05. The average molecular weight is 349 g/mol. The van der Waals surface area contributed by atoms with Crippen molar-refractivity contribution in [3.63, 3.8) is 0 Å². The maximum absolute atomic E-state index is 12.7. The van der Waals surface area contributed by atoms with Gasteiger partial charge in [0, 0.05) is 24.4 Å². The summed E-state index contributed by atoms with van der Waals surface area (Å²) in [5, 5.41) is 3.44. The van der Waals surface area contributed by atoms with Crippen molar-refractivity contribution >= 4 is 11.8 Å². The maximum atomic E-state index is 12.7. The van der Waals surface area contributed by atoms with Crippen LogP contribution in [0.3, 0.4) is 0 Å². The molecule has 5 N–H and O–H groups in total. The smallest absolute Gasteiger partial charge is 0.248 e. The number of fused-ring (bicyclic) bond motifs is 2. The van der Waals surface area contributed by atoms with Gasteiger partial charge in [-0.3, -0.25) is 14.9 Å². The van der Waals surface area contributed by atoms with Crippen molar-refractivity contribution in [2.45, 2.75) is 43.7 Å². The first kappa shape index (κ1) is 16.8. The van der Waals surface area contributed by atoms with Gasteiger partial charge in [-0.05, 0) is 53.6 Å². The Kier molecular flexibility index (Phi) is 4.04. The fourth-order valence-corrected chi connectivity index (χ4v) is 4.59. The summed E-state index contributed by atoms with van der Waals surface area (Å²) < 4.78 is 0. The highest BCUT2D eigenvalue weighted by Crippen LogP contribution is 2.42. The molecule has 5 heteroatoms. The van der Waals surface area contributed by atoms with Gasteiger partial charge in [-0.2, -0.15) is 0 Å². The van der Waals surface area contributed by atoms with Crippen molar-refractivity contribution in [3.05, 3.63) is 70.3 Å². The van der Waals surface area contributed by atoms with E-state index in [1.807, 2.05) is 24.3 Å². The molecule has 0 fully saturated rings. The second-order valence-electron chi connectivity index (χ2n) is 7.36. The van der Waals surface area contributed by atoms with Crippen LogP contribution in [0.2, 0.25) is 0 Å². The molecule has 0 spiro atoms. The Morgan fingerprint density at radius 1 is 1.04 bits per heavy atom. The summed E-state index contributed by atoms with van der Waals surface area (Å²) in [7, 11) is 0. The summed E-state index contributed by atoms with van der Waals surface area (Å²) in [5.74, 6) is -0.710. The molecule has 2 aromatic carbocycles. The van der Waals surface area contributed by atoms with Crippen molar-refractivity contribution in [3.8, 4) is 0 Å². The van der Waals surface area contributed by atoms with E-state index in [-0.39, 0.29) is 11.8 Å². The highest BCUT2D eigenvalue weighted by molar-refractivity contribution is 5.93. The predicted octanol–water partition coefficient (Wildman–Crippen LogP) is 1.78. The second kappa shape index (κ2) is 6.25. The minimum absolute atomic E-state index is 0.0499. The molecule has 1 aliphatic heterocycles. The summed E-state index contributed by atoms with van der Waals surface area (Å²) in [6.45, 7) is 0.498. The van der Waals surface area contributed by atoms with Crippen LogP contribution in [-0.2, 0) is 24.2 Å². The number of primary amides is 2. The monoisotopic (exact) mass is 349 g/mol. The van der Waals surface area contributed by atoms with Crippen LogP contribution in [0.1, 0.15) is 51.4 Å². The second-order valence-corrected chi connectivity index (χ2v) is 7.36. The number of hydrogen-bond donors (Lipinski definition) is 3. The lowest BCUT2D eigenvalue weighted by atomic mass is 9.67. The van der Waals surface area contributed by atoms with Crippen LogP contribution < -0.4 is 16.8 Å². The lowest BCUT2D eigenvalue weighted by Gasteiger charge is -2.45. The highest BCUT2D eigenvalue weighted by Gasteiger charge is 2.48. The van der Waals surface area contributed by atoms with Gasteiger partial charge in [0.05, 0.1) is 0 Å². The van der Waals surface area contributed by atoms with Gasteiger partial charge in [-0.15, -0.1) is 0 Å². The van der Waals surface area contributed by atoms with Crippen molar-refractivity contribution in [2.24, 2.45) is 11.5 Å². The van der Waals surface area contributed by atoms with E-state index in [0.29, 0.717) is 18.5 Å². The molecule has 2 aromatic rings. The molecular formula is C21H23N3O2. The zero-order chi connectivity index (χ0) is 18.3. The fraction of sp³-hybridized carbons (Fsp3) is 0.333. The van der Waals surface area contributed by atoms with Crippen LogP contribution in [0.25, 0.3) is 0 Å². The lowest BCUT2D eigenvalue weighted by Crippen LogP contribution is -2.62. The quantitative estimate of drug-likeness (QED) is 0.788. The minimum Gasteiger partial charge on any atom is -0.368 e. The Hall–Kier alpha value is -2.66. The number of rotatable bonds is 3. The highest BCUT2D eigenvalue weighted by atomic mass is 16.2. The molecule has 2 amide bonds. The molecule has 2 atom stereocenters. The van der Waals surface area contributed by atoms with Gasteiger partial charge in [0.2, 0.25) is 11.8 Å². The van der Waals surface area contributed by atoms with Crippen LogP contribution >= 0.6 is 0 Å². The van der Waals surface area contributed by atoms with E-state index in [2.05, 4.69) is 17.4 Å². The number of aryl methyl sites for hydroxylation is 1. The van der Waals surface area contributed by atoms with Gasteiger partial charge < -0.3 is 11.5 Å². The SMILES string of the molecule is NC(=O)c1ccc2c(c1)CNC(C(N)=O)([C@@H]1CCCc3ccccc31)C2. The van der Waals surface area contributed by atoms with Gasteiger partial charge >= 0.3 is 0 Å². The van der Waals surface area contributed by atoms with E-state index in [1.165, 1.54) is 11.1 Å². The van der Waals surface area contributed by atoms with Crippen LogP contribution in [0.15, 0.2) is 42.5 Å². The topological polar surface area (TPSA) is 98.2 Å². The van der Waals surface area contributed by atoms with E-state index in [1.54, 1.807) is 6.07 Å². The molecule has 2 aliphatic rings. The minimum atomic E-state index is -0.808. The summed E-state index contributed by atoms with van der Waals surface area (Å²) >= 11 is 0. The summed E-state index contributed by atoms with van der Waals surface area (Å²) in [5.41, 5.74) is 15.6. The molecule has 4 rings (SSSR count). The van der Waals surface area contributed by atoms with Gasteiger partial charge in [-0.1, -0.05) is 30.3 Å². The number of nitrogens with one attached hydrogen (secondary N) is 1. The van der Waals surface area contributed by atoms with Crippen LogP contribution in [0.4, 0.5) is 0 Å². The zero-order valence-corrected chi connectivity index (χ0v) is 14.6. The number of carbonyl (C=O) groups excluding carboxylic acids is 2. The predicted molar refractivity (Wildman–Crippen MR) is 99.6 cm³/mol. The molecule has 0 saturated carbocycles. The summed E-state index contributed by atoms with van der Waals surface area (Å²) in [4.78, 5) is 24.1. The van der Waals surface area contributed by atoms with E-state index in [4.69, 9.17) is 11.5 Å². The maximum Gasteiger partial charge on any atom is 0.248 e. The van der Waals surface area contributed by atoms with Crippen molar-refractivity contribution in [1.82, 2.24) is 5.32 Å². The molecule has 0 aromatic heterocycles. The van der Waals surface area contributed by atoms with Gasteiger partial charge in [0.1, 0.15) is 5.54 Å². The number of nitrogens with two attached hydrogens (primary N) is 2. The Morgan fingerprint density at radius 3 is 2.62 bits per heavy atom. The van der Waals surface area contributed by atoms with Crippen LogP contribution in [0, 0.1) is 0 Å². The molecule has 26 heavy (non-hydrogen) atoms. The molecule has 134 valence electrons. The molecule has 1 aliphatic carbocycles. The average Bonchev–Trinajstić information content (AvgIpc) is 2.66. The van der Waals surface area contributed by atoms with Crippen LogP contribution in [-0.4, -0.2) is 17.4 Å². The third-order valence-electron chi connectivity index (χ3n) is 5.96. The number of hydrogen-bond acceptors (Lipinski definition) is 3. The van der Waals surface area contributed by atoms with Gasteiger partial charge in [-0.25, -0.2) is 0 Å². The van der Waals surface area contributed by atoms with E-state index in [9.17, 15) is 9.59 Å². The number of benzene rings is 2. The fourth-order valence-electron chi connectivity index (χ4n) is 4.59. The molecule has 0 radical (unpaired) electrons. The largest absolute Gasteiger partial charge is 0.368 e. The molecule has 5 nitrogen and oxygen atoms in total. The molecule has 1 heterocycles. The molecular weight excluding hydrogens is 326 g/mol. The normalized spacial score (nSPS) is 24.4. The summed E-state index contributed by atoms with van der Waals surface area (Å²) in [6.07, 6.45) is 3.54. The third-order valence-corrected chi connectivity index (χ3v) is 5.96. The van der Waals surface area contributed by atoms with Gasteiger partial charge in [0.15, 0.2) is 0 Å². The lowest BCUT2D eigenvalue weighted by molar-refractivity contribution is -0.126. The zero-order valence-electron chi connectivity index (χ0n) is 14.6. The Balaban J connectivity index is 1.76. The Morgan fingerprint density at radius 2 is 1.85 bits per heavy atom. The number of carbonyl (C=O) groups is 2. The van der Waals surface area contributed by atoms with Crippen molar-refractivity contribution < 1.29 is 9.59 Å². The van der Waals surface area contributed by atoms with E-state index >= 15 is 0 Å². The Bertz CT molecular complexity index is 893. The van der Waals surface area contributed by atoms with Crippen molar-refractivity contribution in [1.29, 1.82) is 0 Å². The van der Waals surface area contributed by atoms with E-state index < -0.39 is 11.4 Å². The first-order valence-corrected chi connectivity index (χ1v) is 9.05. The van der Waals surface area contributed by atoms with Gasteiger partial charge in [0.25, 0.3) is 0 Å². The first-order chi connectivity index (χ1) is 12.5. The molecule has 0 saturated heterocycles.